The molecule has 0 unspecified atom stereocenters. The quantitative estimate of drug-likeness (QED) is 0.714. The van der Waals surface area contributed by atoms with Crippen LogP contribution in [-0.2, 0) is 20.9 Å². The topological polar surface area (TPSA) is 35.5 Å². The van der Waals surface area contributed by atoms with Crippen LogP contribution in [0.15, 0.2) is 18.2 Å². The van der Waals surface area contributed by atoms with Crippen molar-refractivity contribution in [2.45, 2.75) is 73.0 Å². The van der Waals surface area contributed by atoms with Gasteiger partial charge in [-0.25, -0.2) is 4.79 Å². The molecule has 0 amide bonds. The zero-order chi connectivity index (χ0) is 17.7. The lowest BCUT2D eigenvalue weighted by atomic mass is 9.72. The maximum Gasteiger partial charge on any atom is 0.332 e. The molecule has 0 spiro atoms. The van der Waals surface area contributed by atoms with E-state index in [4.69, 9.17) is 9.47 Å². The van der Waals surface area contributed by atoms with E-state index in [0.29, 0.717) is 12.0 Å². The van der Waals surface area contributed by atoms with Crippen LogP contribution < -0.4 is 0 Å². The molecule has 134 valence electrons. The van der Waals surface area contributed by atoms with Crippen molar-refractivity contribution in [1.29, 1.82) is 0 Å². The predicted molar refractivity (Wildman–Crippen MR) is 96.9 cm³/mol. The SMILES string of the molecule is Cc1ccc(COCC(=O)OC2CCC(C(C)(C)C)CC2)c(C)c1. The number of ether oxygens (including phenoxy) is 2. The summed E-state index contributed by atoms with van der Waals surface area (Å²) >= 11 is 0. The molecule has 1 aliphatic rings. The third-order valence-corrected chi connectivity index (χ3v) is 5.17. The molecule has 0 heterocycles. The number of benzene rings is 1. The Labute approximate surface area is 146 Å². The Balaban J connectivity index is 1.69. The Morgan fingerprint density at radius 3 is 2.38 bits per heavy atom. The van der Waals surface area contributed by atoms with E-state index >= 15 is 0 Å². The van der Waals surface area contributed by atoms with Crippen molar-refractivity contribution in [3.8, 4) is 0 Å². The monoisotopic (exact) mass is 332 g/mol. The Morgan fingerprint density at radius 2 is 1.79 bits per heavy atom. The van der Waals surface area contributed by atoms with Crippen LogP contribution in [0.5, 0.6) is 0 Å². The highest BCUT2D eigenvalue weighted by Gasteiger charge is 2.31. The van der Waals surface area contributed by atoms with Gasteiger partial charge in [-0.05, 0) is 62.0 Å². The molecule has 1 aromatic rings. The molecule has 0 aliphatic heterocycles. The van der Waals surface area contributed by atoms with Gasteiger partial charge in [0.25, 0.3) is 0 Å². The molecule has 3 nitrogen and oxygen atoms in total. The van der Waals surface area contributed by atoms with Crippen molar-refractivity contribution >= 4 is 5.97 Å². The van der Waals surface area contributed by atoms with E-state index in [2.05, 4.69) is 52.8 Å². The van der Waals surface area contributed by atoms with Crippen LogP contribution in [0.2, 0.25) is 0 Å². The van der Waals surface area contributed by atoms with Crippen LogP contribution in [0.3, 0.4) is 0 Å². The second kappa shape index (κ2) is 8.15. The predicted octanol–water partition coefficient (Wildman–Crippen LogP) is 4.97. The fourth-order valence-corrected chi connectivity index (χ4v) is 3.52. The molecule has 0 aromatic heterocycles. The third kappa shape index (κ3) is 5.62. The van der Waals surface area contributed by atoms with Gasteiger partial charge in [0.15, 0.2) is 0 Å². The zero-order valence-electron chi connectivity index (χ0n) is 15.9. The second-order valence-electron chi connectivity index (χ2n) is 8.25. The molecular formula is C21H32O3. The highest BCUT2D eigenvalue weighted by Crippen LogP contribution is 2.38. The van der Waals surface area contributed by atoms with Crippen LogP contribution >= 0.6 is 0 Å². The standard InChI is InChI=1S/C21H32O3/c1-15-6-7-17(16(2)12-15)13-23-14-20(22)24-19-10-8-18(9-11-19)21(3,4)5/h6-7,12,18-19H,8-11,13-14H2,1-5H3. The van der Waals surface area contributed by atoms with Crippen LogP contribution in [-0.4, -0.2) is 18.7 Å². The van der Waals surface area contributed by atoms with Gasteiger partial charge < -0.3 is 9.47 Å². The van der Waals surface area contributed by atoms with Crippen molar-refractivity contribution in [2.24, 2.45) is 11.3 Å². The van der Waals surface area contributed by atoms with Gasteiger partial charge in [-0.1, -0.05) is 44.5 Å². The van der Waals surface area contributed by atoms with Gasteiger partial charge in [0.05, 0.1) is 6.61 Å². The molecule has 2 rings (SSSR count). The van der Waals surface area contributed by atoms with E-state index in [0.717, 1.165) is 37.2 Å². The summed E-state index contributed by atoms with van der Waals surface area (Å²) in [6.07, 6.45) is 4.31. The van der Waals surface area contributed by atoms with Crippen molar-refractivity contribution < 1.29 is 14.3 Å². The lowest BCUT2D eigenvalue weighted by molar-refractivity contribution is -0.157. The van der Waals surface area contributed by atoms with Gasteiger partial charge in [0.1, 0.15) is 12.7 Å². The van der Waals surface area contributed by atoms with Crippen molar-refractivity contribution in [3.05, 3.63) is 34.9 Å². The first-order valence-corrected chi connectivity index (χ1v) is 9.09. The minimum Gasteiger partial charge on any atom is -0.461 e. The smallest absolute Gasteiger partial charge is 0.332 e. The van der Waals surface area contributed by atoms with Crippen LogP contribution in [0.25, 0.3) is 0 Å². The molecular weight excluding hydrogens is 300 g/mol. The average Bonchev–Trinajstić information content (AvgIpc) is 2.49. The summed E-state index contributed by atoms with van der Waals surface area (Å²) in [6.45, 7) is 11.5. The average molecular weight is 332 g/mol. The highest BCUT2D eigenvalue weighted by molar-refractivity contribution is 5.70. The molecule has 3 heteroatoms. The first-order valence-electron chi connectivity index (χ1n) is 9.09. The summed E-state index contributed by atoms with van der Waals surface area (Å²) in [5, 5.41) is 0. The molecule has 0 radical (unpaired) electrons. The molecule has 1 aliphatic carbocycles. The number of hydrogen-bond donors (Lipinski definition) is 0. The van der Waals surface area contributed by atoms with Crippen LogP contribution in [0.4, 0.5) is 0 Å². The van der Waals surface area contributed by atoms with E-state index in [1.165, 1.54) is 11.1 Å². The summed E-state index contributed by atoms with van der Waals surface area (Å²) in [4.78, 5) is 12.0. The molecule has 0 atom stereocenters. The minimum atomic E-state index is -0.237. The molecule has 0 N–H and O–H groups in total. The Morgan fingerprint density at radius 1 is 1.12 bits per heavy atom. The van der Waals surface area contributed by atoms with Gasteiger partial charge in [-0.15, -0.1) is 0 Å². The summed E-state index contributed by atoms with van der Waals surface area (Å²) < 4.78 is 11.1. The zero-order valence-corrected chi connectivity index (χ0v) is 15.9. The van der Waals surface area contributed by atoms with Crippen molar-refractivity contribution in [2.75, 3.05) is 6.61 Å². The summed E-state index contributed by atoms with van der Waals surface area (Å²) in [7, 11) is 0. The largest absolute Gasteiger partial charge is 0.461 e. The molecule has 1 fully saturated rings. The van der Waals surface area contributed by atoms with E-state index in [1.54, 1.807) is 0 Å². The summed E-state index contributed by atoms with van der Waals surface area (Å²) in [5.74, 6) is 0.493. The van der Waals surface area contributed by atoms with E-state index in [1.807, 2.05) is 0 Å². The van der Waals surface area contributed by atoms with Gasteiger partial charge in [0.2, 0.25) is 0 Å². The lowest BCUT2D eigenvalue weighted by Gasteiger charge is -2.36. The van der Waals surface area contributed by atoms with Crippen LogP contribution in [0, 0.1) is 25.2 Å². The van der Waals surface area contributed by atoms with E-state index < -0.39 is 0 Å². The van der Waals surface area contributed by atoms with Gasteiger partial charge in [-0.3, -0.25) is 0 Å². The maximum absolute atomic E-state index is 12.0. The first kappa shape index (κ1) is 19.0. The summed E-state index contributed by atoms with van der Waals surface area (Å²) in [6, 6.07) is 6.26. The van der Waals surface area contributed by atoms with Crippen molar-refractivity contribution in [1.82, 2.24) is 0 Å². The van der Waals surface area contributed by atoms with Gasteiger partial charge in [0, 0.05) is 0 Å². The number of hydrogen-bond acceptors (Lipinski definition) is 3. The number of carbonyl (C=O) groups is 1. The fourth-order valence-electron chi connectivity index (χ4n) is 3.52. The van der Waals surface area contributed by atoms with E-state index in [9.17, 15) is 4.79 Å². The summed E-state index contributed by atoms with van der Waals surface area (Å²) in [5.41, 5.74) is 3.91. The molecule has 1 saturated carbocycles. The number of aryl methyl sites for hydroxylation is 2. The molecule has 0 saturated heterocycles. The Kier molecular flexibility index (Phi) is 6.45. The Hall–Kier alpha value is -1.35. The minimum absolute atomic E-state index is 0.0342. The number of rotatable bonds is 5. The maximum atomic E-state index is 12.0. The van der Waals surface area contributed by atoms with Gasteiger partial charge in [-0.2, -0.15) is 0 Å². The second-order valence-corrected chi connectivity index (χ2v) is 8.25. The fraction of sp³-hybridized carbons (Fsp3) is 0.667. The Bertz CT molecular complexity index is 549. The van der Waals surface area contributed by atoms with E-state index in [-0.39, 0.29) is 18.7 Å². The number of carbonyl (C=O) groups excluding carboxylic acids is 1. The lowest BCUT2D eigenvalue weighted by Crippen LogP contribution is -2.31. The molecule has 24 heavy (non-hydrogen) atoms. The molecule has 0 bridgehead atoms. The van der Waals surface area contributed by atoms with Gasteiger partial charge >= 0.3 is 5.97 Å². The third-order valence-electron chi connectivity index (χ3n) is 5.17. The molecule has 1 aromatic carbocycles. The normalized spacial score (nSPS) is 21.5. The van der Waals surface area contributed by atoms with Crippen molar-refractivity contribution in [3.63, 3.8) is 0 Å². The highest BCUT2D eigenvalue weighted by atomic mass is 16.6. The number of esters is 1. The van der Waals surface area contributed by atoms with Crippen LogP contribution in [0.1, 0.15) is 63.1 Å². The first-order chi connectivity index (χ1) is 11.3.